The standard InChI is InChI=1S/C9H18N2O4/c1-6(12)10-8(9(14)15)7(13)5-11(2,3)4/h7-8,13H,5H2,1-4H3,(H-,10,12,14,15)/p+1/t7-,8-/m0/s1. The summed E-state index contributed by atoms with van der Waals surface area (Å²) in [5, 5.41) is 20.7. The first-order chi connectivity index (χ1) is 6.63. The van der Waals surface area contributed by atoms with E-state index in [4.69, 9.17) is 5.11 Å². The highest BCUT2D eigenvalue weighted by Gasteiger charge is 2.31. The highest BCUT2D eigenvalue weighted by Crippen LogP contribution is 2.01. The number of carbonyl (C=O) groups is 2. The molecule has 1 amide bonds. The minimum atomic E-state index is -1.25. The summed E-state index contributed by atoms with van der Waals surface area (Å²) >= 11 is 0. The molecule has 0 radical (unpaired) electrons. The summed E-state index contributed by atoms with van der Waals surface area (Å²) in [6, 6.07) is -1.25. The fourth-order valence-corrected chi connectivity index (χ4v) is 1.21. The average molecular weight is 219 g/mol. The van der Waals surface area contributed by atoms with Crippen LogP contribution in [0.1, 0.15) is 6.92 Å². The Morgan fingerprint density at radius 1 is 1.33 bits per heavy atom. The number of rotatable bonds is 5. The number of aliphatic hydroxyl groups excluding tert-OH is 1. The molecule has 0 aromatic rings. The third kappa shape index (κ3) is 6.03. The normalized spacial score (nSPS) is 15.5. The van der Waals surface area contributed by atoms with E-state index in [1.54, 1.807) is 0 Å². The van der Waals surface area contributed by atoms with Crippen molar-refractivity contribution < 1.29 is 24.3 Å². The largest absolute Gasteiger partial charge is 0.480 e. The Labute approximate surface area is 89.1 Å². The molecule has 0 unspecified atom stereocenters. The van der Waals surface area contributed by atoms with Crippen LogP contribution < -0.4 is 5.32 Å². The number of hydrogen-bond acceptors (Lipinski definition) is 3. The van der Waals surface area contributed by atoms with Gasteiger partial charge in [0.25, 0.3) is 0 Å². The highest BCUT2D eigenvalue weighted by molar-refractivity contribution is 5.82. The first kappa shape index (κ1) is 13.9. The van der Waals surface area contributed by atoms with Crippen LogP contribution in [0.25, 0.3) is 0 Å². The van der Waals surface area contributed by atoms with Gasteiger partial charge in [-0.2, -0.15) is 0 Å². The summed E-state index contributed by atoms with van der Waals surface area (Å²) in [7, 11) is 5.49. The quantitative estimate of drug-likeness (QED) is 0.499. The SMILES string of the molecule is CC(=O)N[C@H](C(=O)O)[C@@H](O)C[N+](C)(C)C. The monoisotopic (exact) mass is 219 g/mol. The number of carbonyl (C=O) groups excluding carboxylic acids is 1. The van der Waals surface area contributed by atoms with E-state index in [0.29, 0.717) is 4.48 Å². The first-order valence-electron chi connectivity index (χ1n) is 4.62. The molecular weight excluding hydrogens is 200 g/mol. The molecule has 0 fully saturated rings. The number of carboxylic acids is 1. The van der Waals surface area contributed by atoms with E-state index in [1.165, 1.54) is 6.92 Å². The molecule has 88 valence electrons. The van der Waals surface area contributed by atoms with Gasteiger partial charge in [-0.05, 0) is 0 Å². The highest BCUT2D eigenvalue weighted by atomic mass is 16.4. The van der Waals surface area contributed by atoms with Crippen LogP contribution >= 0.6 is 0 Å². The number of likely N-dealkylation sites (N-methyl/N-ethyl adjacent to an activating group) is 1. The molecule has 6 heteroatoms. The predicted octanol–water partition coefficient (Wildman–Crippen LogP) is -1.36. The van der Waals surface area contributed by atoms with Crippen LogP contribution in [0.15, 0.2) is 0 Å². The van der Waals surface area contributed by atoms with Gasteiger partial charge in [-0.15, -0.1) is 0 Å². The molecule has 0 rings (SSSR count). The van der Waals surface area contributed by atoms with Crippen LogP contribution in [0.4, 0.5) is 0 Å². The lowest BCUT2D eigenvalue weighted by Crippen LogP contribution is -2.54. The molecule has 0 aliphatic carbocycles. The fourth-order valence-electron chi connectivity index (χ4n) is 1.21. The molecule has 2 atom stereocenters. The van der Waals surface area contributed by atoms with E-state index < -0.39 is 24.0 Å². The van der Waals surface area contributed by atoms with Gasteiger partial charge in [0.2, 0.25) is 5.91 Å². The Balaban J connectivity index is 4.49. The van der Waals surface area contributed by atoms with Crippen LogP contribution in [0.2, 0.25) is 0 Å². The van der Waals surface area contributed by atoms with Crippen molar-refractivity contribution in [3.05, 3.63) is 0 Å². The van der Waals surface area contributed by atoms with Gasteiger partial charge < -0.3 is 20.0 Å². The number of aliphatic hydroxyl groups is 1. The maximum Gasteiger partial charge on any atom is 0.329 e. The number of aliphatic carboxylic acids is 1. The van der Waals surface area contributed by atoms with Gasteiger partial charge in [0.05, 0.1) is 21.1 Å². The van der Waals surface area contributed by atoms with Crippen molar-refractivity contribution in [3.8, 4) is 0 Å². The second kappa shape index (κ2) is 5.09. The van der Waals surface area contributed by atoms with Gasteiger partial charge in [-0.3, -0.25) is 4.79 Å². The maximum atomic E-state index is 10.8. The molecule has 0 aliphatic rings. The third-order valence-electron chi connectivity index (χ3n) is 1.74. The van der Waals surface area contributed by atoms with E-state index in [9.17, 15) is 14.7 Å². The molecule has 0 aromatic heterocycles. The topological polar surface area (TPSA) is 86.6 Å². The predicted molar refractivity (Wildman–Crippen MR) is 54.1 cm³/mol. The Morgan fingerprint density at radius 2 is 1.80 bits per heavy atom. The first-order valence-corrected chi connectivity index (χ1v) is 4.62. The third-order valence-corrected chi connectivity index (χ3v) is 1.74. The molecular formula is C9H19N2O4+. The molecule has 0 saturated heterocycles. The minimum absolute atomic E-state index is 0.247. The maximum absolute atomic E-state index is 10.8. The van der Waals surface area contributed by atoms with Gasteiger partial charge in [0, 0.05) is 6.92 Å². The Morgan fingerprint density at radius 3 is 2.07 bits per heavy atom. The Hall–Kier alpha value is -1.14. The molecule has 0 saturated carbocycles. The number of nitrogens with one attached hydrogen (secondary N) is 1. The Bertz CT molecular complexity index is 247. The van der Waals surface area contributed by atoms with Crippen molar-refractivity contribution in [2.75, 3.05) is 27.7 Å². The van der Waals surface area contributed by atoms with Gasteiger partial charge in [-0.25, -0.2) is 4.79 Å². The van der Waals surface area contributed by atoms with Crippen molar-refractivity contribution in [1.29, 1.82) is 0 Å². The van der Waals surface area contributed by atoms with Crippen LogP contribution in [0.3, 0.4) is 0 Å². The van der Waals surface area contributed by atoms with Crippen LogP contribution in [0.5, 0.6) is 0 Å². The molecule has 0 aromatic carbocycles. The molecule has 15 heavy (non-hydrogen) atoms. The fraction of sp³-hybridized carbons (Fsp3) is 0.778. The van der Waals surface area contributed by atoms with Crippen molar-refractivity contribution in [1.82, 2.24) is 5.32 Å². The summed E-state index contributed by atoms with van der Waals surface area (Å²) in [5.74, 6) is -1.70. The van der Waals surface area contributed by atoms with Gasteiger partial charge in [-0.1, -0.05) is 0 Å². The van der Waals surface area contributed by atoms with Crippen LogP contribution in [-0.2, 0) is 9.59 Å². The van der Waals surface area contributed by atoms with Crippen LogP contribution in [-0.4, -0.2) is 66.4 Å². The average Bonchev–Trinajstić information content (AvgIpc) is 1.95. The lowest BCUT2D eigenvalue weighted by Gasteiger charge is -2.29. The molecule has 3 N–H and O–H groups in total. The molecule has 6 nitrogen and oxygen atoms in total. The zero-order chi connectivity index (χ0) is 12.2. The van der Waals surface area contributed by atoms with Crippen molar-refractivity contribution in [2.45, 2.75) is 19.1 Å². The summed E-state index contributed by atoms with van der Waals surface area (Å²) in [6.45, 7) is 1.46. The summed E-state index contributed by atoms with van der Waals surface area (Å²) in [4.78, 5) is 21.5. The second-order valence-corrected chi connectivity index (χ2v) is 4.56. The minimum Gasteiger partial charge on any atom is -0.480 e. The van der Waals surface area contributed by atoms with E-state index in [2.05, 4.69) is 5.32 Å². The van der Waals surface area contributed by atoms with Crippen molar-refractivity contribution in [3.63, 3.8) is 0 Å². The lowest BCUT2D eigenvalue weighted by atomic mass is 10.1. The number of amides is 1. The summed E-state index contributed by atoms with van der Waals surface area (Å²) < 4.78 is 0.421. The van der Waals surface area contributed by atoms with E-state index in [1.807, 2.05) is 21.1 Å². The molecule has 0 bridgehead atoms. The summed E-state index contributed by atoms with van der Waals surface area (Å²) in [6.07, 6.45) is -1.11. The van der Waals surface area contributed by atoms with Gasteiger partial charge in [0.15, 0.2) is 6.04 Å². The zero-order valence-electron chi connectivity index (χ0n) is 9.52. The number of nitrogens with zero attached hydrogens (tertiary/aromatic N) is 1. The lowest BCUT2D eigenvalue weighted by molar-refractivity contribution is -0.873. The molecule has 0 spiro atoms. The smallest absolute Gasteiger partial charge is 0.329 e. The number of hydrogen-bond donors (Lipinski definition) is 3. The molecule has 0 heterocycles. The van der Waals surface area contributed by atoms with Gasteiger partial charge in [0.1, 0.15) is 12.6 Å². The number of quaternary nitrogens is 1. The second-order valence-electron chi connectivity index (χ2n) is 4.56. The number of carboxylic acid groups (broad SMARTS) is 1. The van der Waals surface area contributed by atoms with Crippen molar-refractivity contribution >= 4 is 11.9 Å². The van der Waals surface area contributed by atoms with E-state index >= 15 is 0 Å². The van der Waals surface area contributed by atoms with Gasteiger partial charge >= 0.3 is 5.97 Å². The summed E-state index contributed by atoms with van der Waals surface area (Å²) in [5.41, 5.74) is 0. The zero-order valence-corrected chi connectivity index (χ0v) is 9.52. The van der Waals surface area contributed by atoms with E-state index in [0.717, 1.165) is 0 Å². The van der Waals surface area contributed by atoms with Crippen LogP contribution in [0, 0.1) is 0 Å². The Kier molecular flexibility index (Phi) is 4.70. The van der Waals surface area contributed by atoms with Crippen molar-refractivity contribution in [2.24, 2.45) is 0 Å². The van der Waals surface area contributed by atoms with E-state index in [-0.39, 0.29) is 6.54 Å². The molecule has 0 aliphatic heterocycles.